The molecule has 0 saturated carbocycles. The minimum atomic E-state index is -0.301. The van der Waals surface area contributed by atoms with Crippen LogP contribution in [0.25, 0.3) is 16.0 Å². The molecule has 0 aliphatic rings. The van der Waals surface area contributed by atoms with Gasteiger partial charge in [0, 0.05) is 11.8 Å². The minimum absolute atomic E-state index is 0.255. The Morgan fingerprint density at radius 3 is 2.84 bits per heavy atom. The largest absolute Gasteiger partial charge is 0.321 e. The third-order valence-corrected chi connectivity index (χ3v) is 5.00. The van der Waals surface area contributed by atoms with Crippen LogP contribution in [0.3, 0.4) is 0 Å². The molecule has 6 heteroatoms. The number of hydrogen-bond acceptors (Lipinski definition) is 4. The first-order valence-corrected chi connectivity index (χ1v) is 8.79. The van der Waals surface area contributed by atoms with Crippen molar-refractivity contribution in [3.63, 3.8) is 0 Å². The maximum absolute atomic E-state index is 12.5. The zero-order chi connectivity index (χ0) is 17.4. The number of nitrogens with one attached hydrogen (secondary N) is 1. The Balaban J connectivity index is 1.74. The maximum Gasteiger partial charge on any atom is 0.266 e. The molecule has 0 spiro atoms. The lowest BCUT2D eigenvalue weighted by Crippen LogP contribution is -2.17. The van der Waals surface area contributed by atoms with Crippen molar-refractivity contribution in [1.29, 1.82) is 0 Å². The molecule has 0 radical (unpaired) electrons. The summed E-state index contributed by atoms with van der Waals surface area (Å²) in [6.07, 6.45) is 0.893. The highest BCUT2D eigenvalue weighted by atomic mass is 32.1. The number of nitrogens with zero attached hydrogens (tertiary/aromatic N) is 2. The highest BCUT2D eigenvalue weighted by Crippen LogP contribution is 2.20. The van der Waals surface area contributed by atoms with Crippen LogP contribution in [-0.4, -0.2) is 15.3 Å². The van der Waals surface area contributed by atoms with Crippen LogP contribution in [0.15, 0.2) is 59.4 Å². The number of hydrogen-bond donors (Lipinski definition) is 1. The monoisotopic (exact) mass is 349 g/mol. The fourth-order valence-corrected chi connectivity index (χ4v) is 3.69. The van der Waals surface area contributed by atoms with E-state index in [0.717, 1.165) is 28.7 Å². The number of benzene rings is 2. The van der Waals surface area contributed by atoms with E-state index in [1.807, 2.05) is 48.5 Å². The number of imidazole rings is 1. The van der Waals surface area contributed by atoms with Crippen LogP contribution in [-0.2, 0) is 6.42 Å². The zero-order valence-corrected chi connectivity index (χ0v) is 14.3. The average molecular weight is 349 g/mol. The van der Waals surface area contributed by atoms with Crippen molar-refractivity contribution in [2.75, 3.05) is 5.32 Å². The molecule has 2 aromatic carbocycles. The summed E-state index contributed by atoms with van der Waals surface area (Å²) in [7, 11) is 0. The third-order valence-electron chi connectivity index (χ3n) is 4.02. The summed E-state index contributed by atoms with van der Waals surface area (Å²) in [5, 5.41) is 2.85. The van der Waals surface area contributed by atoms with Crippen molar-refractivity contribution in [1.82, 2.24) is 9.38 Å². The van der Waals surface area contributed by atoms with Gasteiger partial charge in [-0.25, -0.2) is 4.98 Å². The quantitative estimate of drug-likeness (QED) is 0.613. The summed E-state index contributed by atoms with van der Waals surface area (Å²) in [5.41, 5.74) is 3.10. The van der Waals surface area contributed by atoms with Crippen molar-refractivity contribution < 1.29 is 4.79 Å². The van der Waals surface area contributed by atoms with Gasteiger partial charge in [0.1, 0.15) is 4.88 Å². The van der Waals surface area contributed by atoms with E-state index in [-0.39, 0.29) is 11.5 Å². The van der Waals surface area contributed by atoms with E-state index >= 15 is 0 Å². The molecule has 5 nitrogen and oxygen atoms in total. The molecule has 4 rings (SSSR count). The van der Waals surface area contributed by atoms with Crippen LogP contribution in [0.2, 0.25) is 0 Å². The van der Waals surface area contributed by atoms with Crippen LogP contribution >= 0.6 is 11.3 Å². The predicted octanol–water partition coefficient (Wildman–Crippen LogP) is 3.72. The molecule has 0 aliphatic heterocycles. The second-order valence-electron chi connectivity index (χ2n) is 5.68. The van der Waals surface area contributed by atoms with Gasteiger partial charge in [-0.2, -0.15) is 0 Å². The Kier molecular flexibility index (Phi) is 3.82. The van der Waals surface area contributed by atoms with E-state index in [9.17, 15) is 9.59 Å². The fraction of sp³-hybridized carbons (Fsp3) is 0.105. The second-order valence-corrected chi connectivity index (χ2v) is 6.68. The molecule has 0 saturated heterocycles. The molecular weight excluding hydrogens is 334 g/mol. The number of fused-ring (bicyclic) bond motifs is 3. The Bertz CT molecular complexity index is 1160. The first kappa shape index (κ1) is 15.5. The molecule has 1 N–H and O–H groups in total. The van der Waals surface area contributed by atoms with Gasteiger partial charge in [-0.15, -0.1) is 0 Å². The summed E-state index contributed by atoms with van der Waals surface area (Å²) in [5.74, 6) is -0.301. The lowest BCUT2D eigenvalue weighted by Gasteiger charge is -2.06. The van der Waals surface area contributed by atoms with Crippen molar-refractivity contribution in [3.8, 4) is 0 Å². The third kappa shape index (κ3) is 2.81. The molecule has 1 amide bonds. The van der Waals surface area contributed by atoms with Gasteiger partial charge in [-0.3, -0.25) is 14.0 Å². The Morgan fingerprint density at radius 1 is 1.16 bits per heavy atom. The zero-order valence-electron chi connectivity index (χ0n) is 13.5. The summed E-state index contributed by atoms with van der Waals surface area (Å²) in [6, 6.07) is 16.5. The maximum atomic E-state index is 12.5. The van der Waals surface area contributed by atoms with Crippen molar-refractivity contribution in [2.45, 2.75) is 13.3 Å². The van der Waals surface area contributed by atoms with E-state index in [1.54, 1.807) is 0 Å². The minimum Gasteiger partial charge on any atom is -0.321 e. The summed E-state index contributed by atoms with van der Waals surface area (Å²) in [4.78, 5) is 30.3. The number of carbonyl (C=O) groups is 1. The van der Waals surface area contributed by atoms with Crippen LogP contribution in [0.4, 0.5) is 5.69 Å². The van der Waals surface area contributed by atoms with Gasteiger partial charge in [0.15, 0.2) is 4.96 Å². The molecule has 25 heavy (non-hydrogen) atoms. The standard InChI is InChI=1S/C19H15N3O2S/c1-2-12-6-5-7-13(10-12)20-18(24)16-11-17(23)22-15-9-4-3-8-14(15)21-19(22)25-16/h3-11H,2H2,1H3,(H,20,24). The average Bonchev–Trinajstić information content (AvgIpc) is 3.00. The van der Waals surface area contributed by atoms with Crippen LogP contribution in [0, 0.1) is 0 Å². The molecule has 0 atom stereocenters. The van der Waals surface area contributed by atoms with Crippen LogP contribution in [0.1, 0.15) is 22.2 Å². The predicted molar refractivity (Wildman–Crippen MR) is 101 cm³/mol. The molecular formula is C19H15N3O2S. The first-order chi connectivity index (χ1) is 12.2. The number of aromatic nitrogens is 2. The van der Waals surface area contributed by atoms with Gasteiger partial charge in [0.2, 0.25) is 0 Å². The van der Waals surface area contributed by atoms with E-state index < -0.39 is 0 Å². The first-order valence-electron chi connectivity index (χ1n) is 7.97. The number of carbonyl (C=O) groups excluding carboxylic acids is 1. The lowest BCUT2D eigenvalue weighted by atomic mass is 10.1. The number of anilines is 1. The molecule has 4 aromatic rings. The van der Waals surface area contributed by atoms with Gasteiger partial charge in [0.25, 0.3) is 11.5 Å². The number of para-hydroxylation sites is 2. The highest BCUT2D eigenvalue weighted by Gasteiger charge is 2.14. The second kappa shape index (κ2) is 6.14. The molecule has 0 unspecified atom stereocenters. The van der Waals surface area contributed by atoms with Gasteiger partial charge < -0.3 is 5.32 Å². The molecule has 0 aliphatic carbocycles. The van der Waals surface area contributed by atoms with Crippen LogP contribution < -0.4 is 10.9 Å². The molecule has 0 bridgehead atoms. The van der Waals surface area contributed by atoms with Crippen molar-refractivity contribution in [3.05, 3.63) is 75.4 Å². The Hall–Kier alpha value is -2.99. The van der Waals surface area contributed by atoms with E-state index in [4.69, 9.17) is 0 Å². The molecule has 124 valence electrons. The van der Waals surface area contributed by atoms with E-state index in [1.165, 1.54) is 21.8 Å². The number of aryl methyl sites for hydroxylation is 1. The fourth-order valence-electron chi connectivity index (χ4n) is 2.76. The molecule has 2 aromatic heterocycles. The lowest BCUT2D eigenvalue weighted by molar-refractivity contribution is 0.103. The Labute approximate surface area is 147 Å². The van der Waals surface area contributed by atoms with E-state index in [0.29, 0.717) is 9.84 Å². The van der Waals surface area contributed by atoms with Crippen molar-refractivity contribution in [2.24, 2.45) is 0 Å². The van der Waals surface area contributed by atoms with Crippen molar-refractivity contribution >= 4 is 38.9 Å². The SMILES string of the molecule is CCc1cccc(NC(=O)c2cc(=O)n3c(nc4ccccc43)s2)c1. The normalized spacial score (nSPS) is 11.1. The van der Waals surface area contributed by atoms with Gasteiger partial charge >= 0.3 is 0 Å². The Morgan fingerprint density at radius 2 is 2.00 bits per heavy atom. The smallest absolute Gasteiger partial charge is 0.266 e. The highest BCUT2D eigenvalue weighted by molar-refractivity contribution is 7.18. The van der Waals surface area contributed by atoms with Gasteiger partial charge in [-0.1, -0.05) is 42.5 Å². The molecule has 2 heterocycles. The summed E-state index contributed by atoms with van der Waals surface area (Å²) >= 11 is 1.20. The number of amides is 1. The summed E-state index contributed by atoms with van der Waals surface area (Å²) < 4.78 is 1.54. The summed E-state index contributed by atoms with van der Waals surface area (Å²) in [6.45, 7) is 2.06. The van der Waals surface area contributed by atoms with Gasteiger partial charge in [-0.05, 0) is 36.2 Å². The number of rotatable bonds is 3. The van der Waals surface area contributed by atoms with E-state index in [2.05, 4.69) is 17.2 Å². The topological polar surface area (TPSA) is 63.5 Å². The van der Waals surface area contributed by atoms with Crippen LogP contribution in [0.5, 0.6) is 0 Å². The van der Waals surface area contributed by atoms with Gasteiger partial charge in [0.05, 0.1) is 11.0 Å². The molecule has 0 fully saturated rings.